The van der Waals surface area contributed by atoms with Crippen molar-refractivity contribution in [1.29, 1.82) is 0 Å². The van der Waals surface area contributed by atoms with Crippen LogP contribution in [0.5, 0.6) is 11.8 Å². The van der Waals surface area contributed by atoms with E-state index < -0.39 is 11.6 Å². The summed E-state index contributed by atoms with van der Waals surface area (Å²) in [5.74, 6) is -0.398. The number of nitrogens with zero attached hydrogens (tertiary/aromatic N) is 5. The smallest absolute Gasteiger partial charge is 0.258 e. The van der Waals surface area contributed by atoms with Gasteiger partial charge in [-0.3, -0.25) is 14.1 Å². The van der Waals surface area contributed by atoms with Crippen LogP contribution in [0.4, 0.5) is 20.2 Å². The first-order chi connectivity index (χ1) is 25.0. The molecule has 1 aliphatic heterocycles. The molecule has 11 heteroatoms. The number of pyridine rings is 3. The third-order valence-electron chi connectivity index (χ3n) is 8.46. The lowest BCUT2D eigenvalue weighted by Gasteiger charge is -2.30. The van der Waals surface area contributed by atoms with Crippen LogP contribution in [-0.4, -0.2) is 40.6 Å². The van der Waals surface area contributed by atoms with Gasteiger partial charge in [-0.15, -0.1) is 0 Å². The number of aryl methyl sites for hydroxylation is 1. The average Bonchev–Trinajstić information content (AvgIpc) is 3.13. The molecule has 0 aliphatic carbocycles. The number of fused-ring (bicyclic) bond motifs is 1. The highest BCUT2D eigenvalue weighted by Crippen LogP contribution is 2.43. The molecule has 0 bridgehead atoms. The van der Waals surface area contributed by atoms with Gasteiger partial charge < -0.3 is 14.4 Å². The topological polar surface area (TPSA) is 80.7 Å². The molecule has 268 valence electrons. The summed E-state index contributed by atoms with van der Waals surface area (Å²) in [6, 6.07) is 18.6. The predicted molar refractivity (Wildman–Crippen MR) is 203 cm³/mol. The number of rotatable bonds is 12. The van der Waals surface area contributed by atoms with Gasteiger partial charge in [-0.05, 0) is 105 Å². The van der Waals surface area contributed by atoms with Gasteiger partial charge in [0.1, 0.15) is 17.3 Å². The highest BCUT2D eigenvalue weighted by Gasteiger charge is 2.26. The van der Waals surface area contributed by atoms with Crippen molar-refractivity contribution < 1.29 is 23.0 Å². The van der Waals surface area contributed by atoms with Gasteiger partial charge in [0.15, 0.2) is 0 Å². The average molecular weight is 722 g/mol. The lowest BCUT2D eigenvalue weighted by Crippen LogP contribution is -2.35. The molecular formula is C41H41F2N5O3S. The highest BCUT2D eigenvalue weighted by molar-refractivity contribution is 8.01. The van der Waals surface area contributed by atoms with Crippen molar-refractivity contribution in [3.05, 3.63) is 126 Å². The molecule has 0 N–H and O–H groups in total. The number of ether oxygens (including phenoxy) is 2. The summed E-state index contributed by atoms with van der Waals surface area (Å²) >= 11 is 1.02. The maximum Gasteiger partial charge on any atom is 0.258 e. The van der Waals surface area contributed by atoms with Crippen molar-refractivity contribution in [3.63, 3.8) is 0 Å². The minimum Gasteiger partial charge on any atom is -0.479 e. The predicted octanol–water partition coefficient (Wildman–Crippen LogP) is 9.59. The summed E-state index contributed by atoms with van der Waals surface area (Å²) in [5, 5.41) is 0. The number of amides is 1. The van der Waals surface area contributed by atoms with Crippen LogP contribution in [0.1, 0.15) is 61.3 Å². The second kappa shape index (κ2) is 15.9. The third kappa shape index (κ3) is 8.26. The molecule has 0 atom stereocenters. The molecule has 0 radical (unpaired) electrons. The van der Waals surface area contributed by atoms with Crippen LogP contribution < -0.4 is 18.7 Å². The molecule has 2 aromatic carbocycles. The van der Waals surface area contributed by atoms with E-state index in [1.54, 1.807) is 41.1 Å². The second-order valence-corrected chi connectivity index (χ2v) is 14.2. The molecule has 0 saturated carbocycles. The summed E-state index contributed by atoms with van der Waals surface area (Å²) in [4.78, 5) is 29.4. The molecular weight excluding hydrogens is 681 g/mol. The van der Waals surface area contributed by atoms with Crippen LogP contribution >= 0.6 is 11.9 Å². The minimum atomic E-state index is -0.727. The van der Waals surface area contributed by atoms with Crippen molar-refractivity contribution in [1.82, 2.24) is 15.0 Å². The van der Waals surface area contributed by atoms with Crippen molar-refractivity contribution in [2.45, 2.75) is 58.0 Å². The van der Waals surface area contributed by atoms with Crippen molar-refractivity contribution in [3.8, 4) is 22.9 Å². The van der Waals surface area contributed by atoms with E-state index in [0.717, 1.165) is 65.3 Å². The molecule has 52 heavy (non-hydrogen) atoms. The molecule has 0 spiro atoms. The summed E-state index contributed by atoms with van der Waals surface area (Å²) in [5.41, 5.74) is 6.56. The number of benzene rings is 2. The van der Waals surface area contributed by atoms with Gasteiger partial charge in [0, 0.05) is 65.3 Å². The number of carbonyl (C=O) groups is 1. The van der Waals surface area contributed by atoms with Gasteiger partial charge in [-0.2, -0.15) is 0 Å². The molecule has 0 unspecified atom stereocenters. The van der Waals surface area contributed by atoms with E-state index in [2.05, 4.69) is 41.4 Å². The first kappa shape index (κ1) is 36.5. The van der Waals surface area contributed by atoms with Crippen molar-refractivity contribution in [2.75, 3.05) is 22.9 Å². The molecule has 4 heterocycles. The normalized spacial score (nSPS) is 12.5. The zero-order valence-corrected chi connectivity index (χ0v) is 30.7. The van der Waals surface area contributed by atoms with E-state index in [1.807, 2.05) is 43.0 Å². The lowest BCUT2D eigenvalue weighted by molar-refractivity contribution is 0.0985. The second-order valence-electron chi connectivity index (χ2n) is 13.2. The maximum absolute atomic E-state index is 15.2. The van der Waals surface area contributed by atoms with Crippen molar-refractivity contribution >= 4 is 34.9 Å². The third-order valence-corrected chi connectivity index (χ3v) is 9.59. The van der Waals surface area contributed by atoms with Gasteiger partial charge in [-0.1, -0.05) is 32.6 Å². The summed E-state index contributed by atoms with van der Waals surface area (Å²) in [6.07, 6.45) is 7.40. The standard InChI is InChI=1S/C41H41F2N5O3S/c1-25(2)18-34-19-31(14-15-44-34)41(49)47-17-7-8-28-9-10-30(20-36(28)47)32-21-37(40(50-6)46-24-32)48(52-38-12-11-33(42)23-35(38)43)27(5)29-13-16-45-39(22-29)51-26(3)4/h9-16,19-26H,5,7-8,17-18H2,1-4,6H3. The number of aromatic nitrogens is 3. The first-order valence-corrected chi connectivity index (χ1v) is 18.0. The molecule has 6 rings (SSSR count). The van der Waals surface area contributed by atoms with Gasteiger partial charge in [0.05, 0.1) is 23.8 Å². The number of anilines is 2. The number of halogens is 2. The Balaban J connectivity index is 1.41. The largest absolute Gasteiger partial charge is 0.479 e. The molecule has 1 aliphatic rings. The summed E-state index contributed by atoms with van der Waals surface area (Å²) < 4.78 is 42.4. The Morgan fingerprint density at radius 2 is 1.73 bits per heavy atom. The van der Waals surface area contributed by atoms with Gasteiger partial charge in [-0.25, -0.2) is 18.7 Å². The van der Waals surface area contributed by atoms with E-state index in [0.29, 0.717) is 40.9 Å². The zero-order valence-electron chi connectivity index (χ0n) is 29.9. The van der Waals surface area contributed by atoms with Crippen LogP contribution in [0.15, 0.2) is 96.8 Å². The fourth-order valence-electron chi connectivity index (χ4n) is 6.07. The minimum absolute atomic E-state index is 0.0718. The van der Waals surface area contributed by atoms with E-state index in [4.69, 9.17) is 9.47 Å². The van der Waals surface area contributed by atoms with Crippen LogP contribution in [0.25, 0.3) is 16.8 Å². The van der Waals surface area contributed by atoms with Gasteiger partial charge >= 0.3 is 0 Å². The van der Waals surface area contributed by atoms with Crippen LogP contribution in [0, 0.1) is 17.6 Å². The quantitative estimate of drug-likeness (QED) is 0.118. The SMILES string of the molecule is C=C(c1ccnc(OC(C)C)c1)N(Sc1ccc(F)cc1F)c1cc(-c2ccc3c(c2)N(C(=O)c2ccnc(CC(C)C)c2)CCC3)cnc1OC. The lowest BCUT2D eigenvalue weighted by atomic mass is 9.96. The Kier molecular flexibility index (Phi) is 11.2. The molecule has 0 saturated heterocycles. The Morgan fingerprint density at radius 1 is 0.942 bits per heavy atom. The van der Waals surface area contributed by atoms with Gasteiger partial charge in [0.25, 0.3) is 5.91 Å². The maximum atomic E-state index is 15.2. The van der Waals surface area contributed by atoms with E-state index in [1.165, 1.54) is 19.2 Å². The van der Waals surface area contributed by atoms with Crippen molar-refractivity contribution in [2.24, 2.45) is 5.92 Å². The number of hydrogen-bond acceptors (Lipinski definition) is 8. The Hall–Kier alpha value is -5.29. The first-order valence-electron chi connectivity index (χ1n) is 17.2. The number of carbonyl (C=O) groups excluding carboxylic acids is 1. The van der Waals surface area contributed by atoms with E-state index in [9.17, 15) is 9.18 Å². The molecule has 1 amide bonds. The van der Waals surface area contributed by atoms with Crippen LogP contribution in [0.3, 0.4) is 0 Å². The molecule has 0 fully saturated rings. The Morgan fingerprint density at radius 3 is 2.48 bits per heavy atom. The monoisotopic (exact) mass is 721 g/mol. The van der Waals surface area contributed by atoms with Crippen LogP contribution in [0.2, 0.25) is 0 Å². The van der Waals surface area contributed by atoms with Gasteiger partial charge in [0.2, 0.25) is 11.8 Å². The fourth-order valence-corrected chi connectivity index (χ4v) is 6.99. The number of methoxy groups -OCH3 is 1. The summed E-state index contributed by atoms with van der Waals surface area (Å²) in [6.45, 7) is 13.0. The molecule has 8 nitrogen and oxygen atoms in total. The van der Waals surface area contributed by atoms with E-state index in [-0.39, 0.29) is 22.8 Å². The highest BCUT2D eigenvalue weighted by atomic mass is 32.2. The van der Waals surface area contributed by atoms with Crippen LogP contribution in [-0.2, 0) is 12.8 Å². The number of hydrogen-bond donors (Lipinski definition) is 0. The summed E-state index contributed by atoms with van der Waals surface area (Å²) in [7, 11) is 1.50. The Bertz CT molecular complexity index is 2110. The fraction of sp³-hybridized carbons (Fsp3) is 0.268. The Labute approximate surface area is 307 Å². The van der Waals surface area contributed by atoms with E-state index >= 15 is 4.39 Å². The zero-order chi connectivity index (χ0) is 36.9. The molecule has 3 aromatic heterocycles. The molecule has 5 aromatic rings.